The number of carboxylic acid groups (broad SMARTS) is 1. The van der Waals surface area contributed by atoms with E-state index in [4.69, 9.17) is 5.73 Å². The molecule has 0 unspecified atom stereocenters. The minimum absolute atomic E-state index is 0. The number of imidazole rings is 1. The minimum atomic E-state index is -1.40. The average molecular weight is 408 g/mol. The molecule has 0 aliphatic carbocycles. The van der Waals surface area contributed by atoms with Gasteiger partial charge in [0.1, 0.15) is 11.8 Å². The summed E-state index contributed by atoms with van der Waals surface area (Å²) >= 11 is 0. The molecule has 0 fully saturated rings. The maximum absolute atomic E-state index is 12.9. The Kier molecular flexibility index (Phi) is 4.94. The fraction of sp³-hybridized carbons (Fsp3) is 0. The molecule has 0 aliphatic heterocycles. The van der Waals surface area contributed by atoms with E-state index in [1.54, 1.807) is 24.3 Å². The molecule has 30 heavy (non-hydrogen) atoms. The zero-order valence-electron chi connectivity index (χ0n) is 15.8. The summed E-state index contributed by atoms with van der Waals surface area (Å²) in [4.78, 5) is 33.6. The van der Waals surface area contributed by atoms with Gasteiger partial charge in [-0.1, -0.05) is 18.2 Å². The summed E-state index contributed by atoms with van der Waals surface area (Å²) in [5.41, 5.74) is 9.22. The largest absolute Gasteiger partial charge is 1.00 e. The Labute approximate surface area is 191 Å². The van der Waals surface area contributed by atoms with Crippen LogP contribution >= 0.6 is 0 Å². The molecule has 5 aromatic rings. The van der Waals surface area contributed by atoms with Gasteiger partial charge in [0.25, 0.3) is 0 Å². The number of nitrogens with one attached hydrogen (secondary N) is 2. The van der Waals surface area contributed by atoms with E-state index in [9.17, 15) is 14.7 Å². The van der Waals surface area contributed by atoms with Crippen molar-refractivity contribution in [3.05, 3.63) is 71.8 Å². The first-order valence-corrected chi connectivity index (χ1v) is 8.69. The molecule has 10 heteroatoms. The van der Waals surface area contributed by atoms with Crippen LogP contribution in [-0.2, 0) is 0 Å². The van der Waals surface area contributed by atoms with E-state index < -0.39 is 5.97 Å². The Morgan fingerprint density at radius 1 is 1.03 bits per heavy atom. The number of nitrogens with zero attached hydrogens (tertiary/aromatic N) is 3. The zero-order valence-corrected chi connectivity index (χ0v) is 17.8. The number of aromatic amines is 2. The third-order valence-corrected chi connectivity index (χ3v) is 4.73. The third kappa shape index (κ3) is 3.18. The van der Waals surface area contributed by atoms with Crippen molar-refractivity contribution in [2.24, 2.45) is 0 Å². The number of H-pyrrole nitrogens is 2. The predicted octanol–water partition coefficient (Wildman–Crippen LogP) is -1.59. The number of hydrogen-bond acceptors (Lipinski definition) is 6. The van der Waals surface area contributed by atoms with Gasteiger partial charge < -0.3 is 25.6 Å². The number of carboxylic acids is 1. The number of hydrogen-bond donors (Lipinski definition) is 3. The number of ketones is 1. The quantitative estimate of drug-likeness (QED) is 0.241. The van der Waals surface area contributed by atoms with Crippen LogP contribution in [0, 0.1) is 0 Å². The van der Waals surface area contributed by atoms with E-state index >= 15 is 0 Å². The summed E-state index contributed by atoms with van der Waals surface area (Å²) in [7, 11) is 0. The van der Waals surface area contributed by atoms with E-state index in [-0.39, 0.29) is 52.5 Å². The van der Waals surface area contributed by atoms with Crippen molar-refractivity contribution in [3.63, 3.8) is 0 Å². The molecule has 3 aromatic heterocycles. The molecule has 0 saturated heterocycles. The third-order valence-electron chi connectivity index (χ3n) is 4.73. The number of rotatable bonds is 4. The molecule has 0 bridgehead atoms. The fourth-order valence-corrected chi connectivity index (χ4v) is 3.30. The number of benzene rings is 2. The second kappa shape index (κ2) is 7.45. The number of anilines is 1. The molecule has 0 saturated carbocycles. The monoisotopic (exact) mass is 408 g/mol. The Balaban J connectivity index is 0.00000218. The molecule has 0 radical (unpaired) electrons. The van der Waals surface area contributed by atoms with Crippen molar-refractivity contribution in [2.75, 3.05) is 5.73 Å². The summed E-state index contributed by atoms with van der Waals surface area (Å²) in [6.07, 6.45) is 1.41. The first kappa shape index (κ1) is 19.9. The topological polar surface area (TPSA) is 146 Å². The Morgan fingerprint density at radius 3 is 2.60 bits per heavy atom. The van der Waals surface area contributed by atoms with Crippen LogP contribution in [0.15, 0.2) is 54.7 Å². The van der Waals surface area contributed by atoms with Crippen LogP contribution in [0.3, 0.4) is 0 Å². The molecule has 5 rings (SSSR count). The van der Waals surface area contributed by atoms with Gasteiger partial charge in [-0.2, -0.15) is 5.10 Å². The van der Waals surface area contributed by atoms with Crippen molar-refractivity contribution in [1.82, 2.24) is 24.7 Å². The first-order valence-electron chi connectivity index (χ1n) is 8.69. The summed E-state index contributed by atoms with van der Waals surface area (Å²) < 4.78 is 1.41. The van der Waals surface area contributed by atoms with Gasteiger partial charge >= 0.3 is 29.6 Å². The minimum Gasteiger partial charge on any atom is -0.542 e. The number of nitrogens with two attached hydrogens (primary N) is 1. The van der Waals surface area contributed by atoms with Gasteiger partial charge in [-0.3, -0.25) is 4.79 Å². The smallest absolute Gasteiger partial charge is 0.542 e. The van der Waals surface area contributed by atoms with Gasteiger partial charge in [-0.05, 0) is 30.3 Å². The second-order valence-electron chi connectivity index (χ2n) is 6.53. The van der Waals surface area contributed by atoms with Crippen LogP contribution in [0.2, 0.25) is 0 Å². The average Bonchev–Trinajstić information content (AvgIpc) is 3.42. The van der Waals surface area contributed by atoms with Crippen LogP contribution in [0.5, 0.6) is 0 Å². The molecule has 2 aromatic carbocycles. The van der Waals surface area contributed by atoms with Crippen molar-refractivity contribution < 1.29 is 44.3 Å². The first-order chi connectivity index (χ1) is 14.0. The Morgan fingerprint density at radius 2 is 1.83 bits per heavy atom. The molecule has 3 heterocycles. The van der Waals surface area contributed by atoms with E-state index in [0.29, 0.717) is 22.4 Å². The molecule has 0 spiro atoms. The molecule has 0 amide bonds. The van der Waals surface area contributed by atoms with Crippen molar-refractivity contribution in [1.29, 1.82) is 0 Å². The van der Waals surface area contributed by atoms with E-state index in [2.05, 4.69) is 20.1 Å². The van der Waals surface area contributed by atoms with Crippen LogP contribution < -0.4 is 40.4 Å². The number of aromatic nitrogens is 5. The summed E-state index contributed by atoms with van der Waals surface area (Å²) in [6, 6.07) is 14.3. The van der Waals surface area contributed by atoms with Crippen LogP contribution in [0.4, 0.5) is 5.82 Å². The molecule has 142 valence electrons. The summed E-state index contributed by atoms with van der Waals surface area (Å²) in [6.45, 7) is 0. The summed E-state index contributed by atoms with van der Waals surface area (Å²) in [5, 5.41) is 16.1. The standard InChI is InChI=1S/C20H14N6O3.Na/c21-18-12(17(27)16-7-10-3-1-2-4-13(10)23-16)9-22-26(18)11-5-6-14-15(8-11)25-19(24-14)20(28)29;/h1-9,23H,21H2,(H,24,25)(H,28,29);/q;+1/p-1. The SMILES string of the molecule is Nc1c(C(=O)c2cc3ccccc3[nH]2)cnn1-c1ccc2[nH]c(C(=O)[O-])nc2c1.[Na+]. The summed E-state index contributed by atoms with van der Waals surface area (Å²) in [5.74, 6) is -1.76. The maximum Gasteiger partial charge on any atom is 1.00 e. The molecule has 4 N–H and O–H groups in total. The fourth-order valence-electron chi connectivity index (χ4n) is 3.30. The molecule has 0 atom stereocenters. The molecular weight excluding hydrogens is 395 g/mol. The molecule has 0 aliphatic rings. The maximum atomic E-state index is 12.9. The normalized spacial score (nSPS) is 10.9. The van der Waals surface area contributed by atoms with Crippen molar-refractivity contribution in [2.45, 2.75) is 0 Å². The van der Waals surface area contributed by atoms with Crippen LogP contribution in [0.25, 0.3) is 27.6 Å². The predicted molar refractivity (Wildman–Crippen MR) is 104 cm³/mol. The van der Waals surface area contributed by atoms with Crippen LogP contribution in [-0.4, -0.2) is 36.5 Å². The van der Waals surface area contributed by atoms with Crippen LogP contribution in [0.1, 0.15) is 26.7 Å². The van der Waals surface area contributed by atoms with Gasteiger partial charge in [-0.15, -0.1) is 0 Å². The van der Waals surface area contributed by atoms with Gasteiger partial charge in [0.2, 0.25) is 5.78 Å². The van der Waals surface area contributed by atoms with E-state index in [1.807, 2.05) is 24.3 Å². The molecule has 9 nitrogen and oxygen atoms in total. The van der Waals surface area contributed by atoms with Crippen molar-refractivity contribution in [3.8, 4) is 5.69 Å². The number of carbonyl (C=O) groups is 2. The van der Waals surface area contributed by atoms with Gasteiger partial charge in [-0.25, -0.2) is 9.67 Å². The number of nitrogen functional groups attached to an aromatic ring is 1. The number of fused-ring (bicyclic) bond motifs is 2. The molecular formula is C20H13N6NaO3. The van der Waals surface area contributed by atoms with Gasteiger partial charge in [0, 0.05) is 10.9 Å². The number of carbonyl (C=O) groups excluding carboxylic acids is 2. The van der Waals surface area contributed by atoms with Crippen molar-refractivity contribution >= 4 is 39.5 Å². The van der Waals surface area contributed by atoms with Gasteiger partial charge in [0.05, 0.1) is 34.2 Å². The van der Waals surface area contributed by atoms with E-state index in [0.717, 1.165) is 10.9 Å². The van der Waals surface area contributed by atoms with Gasteiger partial charge in [0.15, 0.2) is 5.82 Å². The number of aromatic carboxylic acids is 1. The zero-order chi connectivity index (χ0) is 20.1. The second-order valence-corrected chi connectivity index (χ2v) is 6.53. The Bertz CT molecular complexity index is 1400. The number of para-hydroxylation sites is 1. The van der Waals surface area contributed by atoms with E-state index in [1.165, 1.54) is 10.9 Å². The Hall–Kier alpha value is -3.40.